The fourth-order valence-corrected chi connectivity index (χ4v) is 2.88. The molecule has 1 saturated heterocycles. The molecule has 0 radical (unpaired) electrons. The molecule has 3 rings (SSSR count). The SMILES string of the molecule is c1ccc([C@H]2C[C@H]3CCC[C@H]3O2)cc1. The van der Waals surface area contributed by atoms with Gasteiger partial charge in [0.25, 0.3) is 0 Å². The Morgan fingerprint density at radius 2 is 1.93 bits per heavy atom. The third-order valence-electron chi connectivity index (χ3n) is 3.62. The standard InChI is InChI=1S/C13H16O/c1-2-5-10(6-3-1)13-9-11-7-4-8-12(11)14-13/h1-3,5-6,11-13H,4,7-9H2/t11-,12-,13-/m1/s1. The minimum Gasteiger partial charge on any atom is -0.370 e. The highest BCUT2D eigenvalue weighted by molar-refractivity contribution is 5.19. The lowest BCUT2D eigenvalue weighted by Crippen LogP contribution is -2.06. The molecule has 1 aromatic carbocycles. The van der Waals surface area contributed by atoms with Crippen molar-refractivity contribution in [3.05, 3.63) is 35.9 Å². The highest BCUT2D eigenvalue weighted by Crippen LogP contribution is 2.44. The number of fused-ring (bicyclic) bond motifs is 1. The molecule has 1 aliphatic heterocycles. The number of hydrogen-bond acceptors (Lipinski definition) is 1. The molecule has 1 heteroatoms. The summed E-state index contributed by atoms with van der Waals surface area (Å²) in [5.41, 5.74) is 1.36. The van der Waals surface area contributed by atoms with Crippen LogP contribution in [0.2, 0.25) is 0 Å². The van der Waals surface area contributed by atoms with E-state index in [-0.39, 0.29) is 0 Å². The molecule has 0 bridgehead atoms. The van der Waals surface area contributed by atoms with Crippen molar-refractivity contribution in [2.45, 2.75) is 37.9 Å². The predicted octanol–water partition coefficient (Wildman–Crippen LogP) is 3.32. The van der Waals surface area contributed by atoms with E-state index in [0.717, 1.165) is 5.92 Å². The van der Waals surface area contributed by atoms with E-state index in [4.69, 9.17) is 4.74 Å². The van der Waals surface area contributed by atoms with E-state index >= 15 is 0 Å². The van der Waals surface area contributed by atoms with Crippen molar-refractivity contribution in [1.82, 2.24) is 0 Å². The topological polar surface area (TPSA) is 9.23 Å². The maximum atomic E-state index is 6.07. The van der Waals surface area contributed by atoms with Gasteiger partial charge in [-0.2, -0.15) is 0 Å². The molecule has 0 spiro atoms. The third-order valence-corrected chi connectivity index (χ3v) is 3.62. The molecule has 1 nitrogen and oxygen atoms in total. The minimum absolute atomic E-state index is 0.381. The van der Waals surface area contributed by atoms with Gasteiger partial charge >= 0.3 is 0 Å². The van der Waals surface area contributed by atoms with E-state index in [9.17, 15) is 0 Å². The molecule has 74 valence electrons. The highest BCUT2D eigenvalue weighted by atomic mass is 16.5. The average molecular weight is 188 g/mol. The fraction of sp³-hybridized carbons (Fsp3) is 0.538. The molecule has 0 aromatic heterocycles. The first-order valence-electron chi connectivity index (χ1n) is 5.64. The summed E-state index contributed by atoms with van der Waals surface area (Å²) in [5, 5.41) is 0. The van der Waals surface area contributed by atoms with Crippen LogP contribution in [0.15, 0.2) is 30.3 Å². The molecular formula is C13H16O. The highest BCUT2D eigenvalue weighted by Gasteiger charge is 2.38. The van der Waals surface area contributed by atoms with Crippen molar-refractivity contribution in [3.8, 4) is 0 Å². The van der Waals surface area contributed by atoms with Gasteiger partial charge in [-0.25, -0.2) is 0 Å². The van der Waals surface area contributed by atoms with Crippen LogP contribution in [-0.4, -0.2) is 6.10 Å². The second-order valence-corrected chi connectivity index (χ2v) is 4.50. The molecule has 2 fully saturated rings. The van der Waals surface area contributed by atoms with E-state index in [1.165, 1.54) is 31.2 Å². The van der Waals surface area contributed by atoms with Crippen LogP contribution in [0, 0.1) is 5.92 Å². The minimum atomic E-state index is 0.381. The molecule has 14 heavy (non-hydrogen) atoms. The van der Waals surface area contributed by atoms with Crippen molar-refractivity contribution in [3.63, 3.8) is 0 Å². The number of rotatable bonds is 1. The third kappa shape index (κ3) is 1.36. The Hall–Kier alpha value is -0.820. The first-order chi connectivity index (χ1) is 6.93. The Kier molecular flexibility index (Phi) is 2.06. The average Bonchev–Trinajstić information content (AvgIpc) is 2.78. The van der Waals surface area contributed by atoms with Gasteiger partial charge in [-0.05, 0) is 30.7 Å². The van der Waals surface area contributed by atoms with Gasteiger partial charge in [0.15, 0.2) is 0 Å². The summed E-state index contributed by atoms with van der Waals surface area (Å²) in [6.45, 7) is 0. The number of hydrogen-bond donors (Lipinski definition) is 0. The van der Waals surface area contributed by atoms with Gasteiger partial charge in [0.05, 0.1) is 12.2 Å². The Bertz CT molecular complexity index is 294. The lowest BCUT2D eigenvalue weighted by molar-refractivity contribution is 0.0405. The molecule has 3 atom stereocenters. The zero-order valence-electron chi connectivity index (χ0n) is 8.36. The second kappa shape index (κ2) is 3.39. The summed E-state index contributed by atoms with van der Waals surface area (Å²) in [5.74, 6) is 0.847. The first kappa shape index (κ1) is 8.49. The van der Waals surface area contributed by atoms with Gasteiger partial charge in [-0.15, -0.1) is 0 Å². The zero-order chi connectivity index (χ0) is 9.38. The Labute approximate surface area is 85.1 Å². The molecule has 0 unspecified atom stereocenters. The van der Waals surface area contributed by atoms with Crippen LogP contribution in [0.4, 0.5) is 0 Å². The lowest BCUT2D eigenvalue weighted by atomic mass is 9.98. The van der Waals surface area contributed by atoms with Gasteiger partial charge < -0.3 is 4.74 Å². The molecule has 1 aliphatic carbocycles. The molecule has 1 heterocycles. The summed E-state index contributed by atoms with van der Waals surface area (Å²) in [6, 6.07) is 10.6. The van der Waals surface area contributed by atoms with Gasteiger partial charge in [0, 0.05) is 0 Å². The van der Waals surface area contributed by atoms with Crippen LogP contribution >= 0.6 is 0 Å². The molecule has 0 N–H and O–H groups in total. The lowest BCUT2D eigenvalue weighted by Gasteiger charge is -2.12. The van der Waals surface area contributed by atoms with E-state index < -0.39 is 0 Å². The fourth-order valence-electron chi connectivity index (χ4n) is 2.88. The van der Waals surface area contributed by atoms with Crippen molar-refractivity contribution in [2.75, 3.05) is 0 Å². The largest absolute Gasteiger partial charge is 0.370 e. The Morgan fingerprint density at radius 1 is 1.07 bits per heavy atom. The summed E-state index contributed by atoms with van der Waals surface area (Å²) >= 11 is 0. The van der Waals surface area contributed by atoms with Crippen molar-refractivity contribution < 1.29 is 4.74 Å². The van der Waals surface area contributed by atoms with Crippen LogP contribution in [0.25, 0.3) is 0 Å². The predicted molar refractivity (Wildman–Crippen MR) is 56.0 cm³/mol. The van der Waals surface area contributed by atoms with Crippen molar-refractivity contribution >= 4 is 0 Å². The molecule has 1 aromatic rings. The maximum Gasteiger partial charge on any atom is 0.0832 e. The van der Waals surface area contributed by atoms with Crippen molar-refractivity contribution in [1.29, 1.82) is 0 Å². The van der Waals surface area contributed by atoms with Crippen LogP contribution in [0.1, 0.15) is 37.4 Å². The number of ether oxygens (including phenoxy) is 1. The normalized spacial score (nSPS) is 35.9. The van der Waals surface area contributed by atoms with Crippen LogP contribution in [0.5, 0.6) is 0 Å². The summed E-state index contributed by atoms with van der Waals surface area (Å²) in [7, 11) is 0. The van der Waals surface area contributed by atoms with Crippen molar-refractivity contribution in [2.24, 2.45) is 5.92 Å². The molecule has 2 aliphatic rings. The quantitative estimate of drug-likeness (QED) is 0.657. The zero-order valence-corrected chi connectivity index (χ0v) is 8.36. The van der Waals surface area contributed by atoms with Gasteiger partial charge in [0.2, 0.25) is 0 Å². The van der Waals surface area contributed by atoms with Crippen LogP contribution in [-0.2, 0) is 4.74 Å². The number of benzene rings is 1. The summed E-state index contributed by atoms with van der Waals surface area (Å²) < 4.78 is 6.07. The maximum absolute atomic E-state index is 6.07. The van der Waals surface area contributed by atoms with Gasteiger partial charge in [-0.3, -0.25) is 0 Å². The molecular weight excluding hydrogens is 172 g/mol. The van der Waals surface area contributed by atoms with Crippen LogP contribution < -0.4 is 0 Å². The van der Waals surface area contributed by atoms with E-state index in [1.54, 1.807) is 0 Å². The van der Waals surface area contributed by atoms with Gasteiger partial charge in [-0.1, -0.05) is 36.8 Å². The van der Waals surface area contributed by atoms with E-state index in [1.807, 2.05) is 0 Å². The smallest absolute Gasteiger partial charge is 0.0832 e. The first-order valence-corrected chi connectivity index (χ1v) is 5.64. The van der Waals surface area contributed by atoms with E-state index in [2.05, 4.69) is 30.3 Å². The monoisotopic (exact) mass is 188 g/mol. The Balaban J connectivity index is 1.77. The van der Waals surface area contributed by atoms with Gasteiger partial charge in [0.1, 0.15) is 0 Å². The molecule has 1 saturated carbocycles. The second-order valence-electron chi connectivity index (χ2n) is 4.50. The van der Waals surface area contributed by atoms with E-state index in [0.29, 0.717) is 12.2 Å². The summed E-state index contributed by atoms with van der Waals surface area (Å²) in [4.78, 5) is 0. The molecule has 0 amide bonds. The Morgan fingerprint density at radius 3 is 2.71 bits per heavy atom. The summed E-state index contributed by atoms with van der Waals surface area (Å²) in [6.07, 6.45) is 6.24. The van der Waals surface area contributed by atoms with Crippen LogP contribution in [0.3, 0.4) is 0 Å².